The first-order valence-corrected chi connectivity index (χ1v) is 5.70. The van der Waals surface area contributed by atoms with Gasteiger partial charge in [-0.3, -0.25) is 9.63 Å². The van der Waals surface area contributed by atoms with E-state index in [1.807, 2.05) is 5.48 Å². The van der Waals surface area contributed by atoms with Crippen molar-refractivity contribution in [3.05, 3.63) is 34.9 Å². The van der Waals surface area contributed by atoms with Crippen LogP contribution in [0.4, 0.5) is 8.78 Å². The van der Waals surface area contributed by atoms with Gasteiger partial charge in [0.1, 0.15) is 22.8 Å². The summed E-state index contributed by atoms with van der Waals surface area (Å²) in [6, 6.07) is 2.16. The first-order chi connectivity index (χ1) is 8.76. The number of methoxy groups -OCH3 is 1. The average molecular weight is 273 g/mol. The van der Waals surface area contributed by atoms with Crippen LogP contribution < -0.4 is 5.48 Å². The van der Waals surface area contributed by atoms with Gasteiger partial charge >= 0.3 is 0 Å². The van der Waals surface area contributed by atoms with E-state index < -0.39 is 28.7 Å². The monoisotopic (exact) mass is 273 g/mol. The van der Waals surface area contributed by atoms with Crippen LogP contribution in [-0.4, -0.2) is 25.2 Å². The third-order valence-corrected chi connectivity index (χ3v) is 2.33. The lowest BCUT2D eigenvalue weighted by molar-refractivity contribution is -0.103. The SMILES string of the molecule is COCC(C)(C)ONC(=O)c1c(F)cc(C)cc1F. The number of benzene rings is 1. The number of hydrogen-bond donors (Lipinski definition) is 1. The Labute approximate surface area is 110 Å². The molecule has 0 bridgehead atoms. The Bertz CT molecular complexity index is 452. The van der Waals surface area contributed by atoms with E-state index in [4.69, 9.17) is 9.57 Å². The number of rotatable bonds is 5. The third kappa shape index (κ3) is 4.25. The van der Waals surface area contributed by atoms with E-state index in [2.05, 4.69) is 0 Å². The molecule has 0 fully saturated rings. The molecule has 0 saturated heterocycles. The number of hydrogen-bond acceptors (Lipinski definition) is 3. The summed E-state index contributed by atoms with van der Waals surface area (Å²) in [5.41, 5.74) is 0.950. The number of amides is 1. The van der Waals surface area contributed by atoms with Crippen molar-refractivity contribution in [2.24, 2.45) is 0 Å². The first kappa shape index (κ1) is 15.5. The lowest BCUT2D eigenvalue weighted by Crippen LogP contribution is -2.39. The molecule has 0 aromatic heterocycles. The molecule has 0 radical (unpaired) electrons. The van der Waals surface area contributed by atoms with Crippen molar-refractivity contribution in [3.8, 4) is 0 Å². The standard InChI is InChI=1S/C13H17F2NO3/c1-8-5-9(14)11(10(15)6-8)12(17)16-19-13(2,3)7-18-4/h5-6H,7H2,1-4H3,(H,16,17). The zero-order valence-corrected chi connectivity index (χ0v) is 11.3. The molecule has 19 heavy (non-hydrogen) atoms. The maximum atomic E-state index is 13.5. The van der Waals surface area contributed by atoms with Gasteiger partial charge in [-0.1, -0.05) is 0 Å². The normalized spacial score (nSPS) is 11.5. The van der Waals surface area contributed by atoms with E-state index in [9.17, 15) is 13.6 Å². The fourth-order valence-electron chi connectivity index (χ4n) is 1.53. The molecule has 1 aromatic carbocycles. The van der Waals surface area contributed by atoms with E-state index in [1.54, 1.807) is 13.8 Å². The Balaban J connectivity index is 2.80. The summed E-state index contributed by atoms with van der Waals surface area (Å²) in [7, 11) is 1.48. The lowest BCUT2D eigenvalue weighted by atomic mass is 10.1. The van der Waals surface area contributed by atoms with Crippen molar-refractivity contribution in [3.63, 3.8) is 0 Å². The smallest absolute Gasteiger partial charge is 0.280 e. The van der Waals surface area contributed by atoms with Gasteiger partial charge in [-0.25, -0.2) is 14.3 Å². The van der Waals surface area contributed by atoms with Gasteiger partial charge in [-0.05, 0) is 38.5 Å². The fraction of sp³-hybridized carbons (Fsp3) is 0.462. The molecule has 0 atom stereocenters. The Kier molecular flexibility index (Phi) is 4.97. The van der Waals surface area contributed by atoms with Crippen LogP contribution in [0.2, 0.25) is 0 Å². The predicted octanol–water partition coefficient (Wildman–Crippen LogP) is 2.36. The Morgan fingerprint density at radius 3 is 2.32 bits per heavy atom. The number of carbonyl (C=O) groups excluding carboxylic acids is 1. The van der Waals surface area contributed by atoms with Crippen molar-refractivity contribution in [2.75, 3.05) is 13.7 Å². The highest BCUT2D eigenvalue weighted by molar-refractivity contribution is 5.94. The van der Waals surface area contributed by atoms with Crippen LogP contribution in [0.5, 0.6) is 0 Å². The summed E-state index contributed by atoms with van der Waals surface area (Å²) >= 11 is 0. The zero-order valence-electron chi connectivity index (χ0n) is 11.3. The molecule has 0 aliphatic carbocycles. The molecule has 1 rings (SSSR count). The van der Waals surface area contributed by atoms with Crippen molar-refractivity contribution < 1.29 is 23.1 Å². The third-order valence-electron chi connectivity index (χ3n) is 2.33. The van der Waals surface area contributed by atoms with Crippen LogP contribution in [-0.2, 0) is 9.57 Å². The molecule has 106 valence electrons. The van der Waals surface area contributed by atoms with Crippen molar-refractivity contribution >= 4 is 5.91 Å². The van der Waals surface area contributed by atoms with Gasteiger partial charge in [0.05, 0.1) is 6.61 Å². The molecule has 0 saturated carbocycles. The molecule has 0 aliphatic rings. The van der Waals surface area contributed by atoms with E-state index in [0.717, 1.165) is 12.1 Å². The van der Waals surface area contributed by atoms with Gasteiger partial charge in [0.25, 0.3) is 5.91 Å². The number of nitrogens with one attached hydrogen (secondary N) is 1. The van der Waals surface area contributed by atoms with Gasteiger partial charge in [0.2, 0.25) is 0 Å². The van der Waals surface area contributed by atoms with Gasteiger partial charge in [-0.2, -0.15) is 0 Å². The Hall–Kier alpha value is -1.53. The highest BCUT2D eigenvalue weighted by atomic mass is 19.1. The lowest BCUT2D eigenvalue weighted by Gasteiger charge is -2.23. The molecular formula is C13H17F2NO3. The molecule has 1 aromatic rings. The molecule has 4 nitrogen and oxygen atoms in total. The maximum absolute atomic E-state index is 13.5. The van der Waals surface area contributed by atoms with Crippen LogP contribution >= 0.6 is 0 Å². The maximum Gasteiger partial charge on any atom is 0.280 e. The van der Waals surface area contributed by atoms with Crippen LogP contribution in [0, 0.1) is 18.6 Å². The average Bonchev–Trinajstić information content (AvgIpc) is 2.25. The van der Waals surface area contributed by atoms with Crippen LogP contribution in [0.3, 0.4) is 0 Å². The van der Waals surface area contributed by atoms with Gasteiger partial charge in [0.15, 0.2) is 0 Å². The van der Waals surface area contributed by atoms with Crippen molar-refractivity contribution in [1.82, 2.24) is 5.48 Å². The summed E-state index contributed by atoms with van der Waals surface area (Å²) in [6.07, 6.45) is 0. The summed E-state index contributed by atoms with van der Waals surface area (Å²) in [4.78, 5) is 16.8. The zero-order chi connectivity index (χ0) is 14.6. The molecule has 0 heterocycles. The molecule has 1 N–H and O–H groups in total. The van der Waals surface area contributed by atoms with E-state index >= 15 is 0 Å². The number of halogens is 2. The molecule has 0 aliphatic heterocycles. The quantitative estimate of drug-likeness (QED) is 0.838. The second-order valence-corrected chi connectivity index (χ2v) is 4.83. The molecule has 0 spiro atoms. The van der Waals surface area contributed by atoms with Gasteiger partial charge in [0, 0.05) is 7.11 Å². The molecule has 0 unspecified atom stereocenters. The van der Waals surface area contributed by atoms with Crippen LogP contribution in [0.1, 0.15) is 29.8 Å². The second kappa shape index (κ2) is 6.08. The van der Waals surface area contributed by atoms with Gasteiger partial charge < -0.3 is 4.74 Å². The summed E-state index contributed by atoms with van der Waals surface area (Å²) in [5, 5.41) is 0. The molecule has 1 amide bonds. The predicted molar refractivity (Wildman–Crippen MR) is 65.6 cm³/mol. The highest BCUT2D eigenvalue weighted by Crippen LogP contribution is 2.15. The summed E-state index contributed by atoms with van der Waals surface area (Å²) < 4.78 is 32.0. The molecular weight excluding hydrogens is 256 g/mol. The minimum atomic E-state index is -0.973. The van der Waals surface area contributed by atoms with E-state index in [1.165, 1.54) is 14.0 Å². The highest BCUT2D eigenvalue weighted by Gasteiger charge is 2.23. The fourth-order valence-corrected chi connectivity index (χ4v) is 1.53. The largest absolute Gasteiger partial charge is 0.382 e. The Morgan fingerprint density at radius 1 is 1.32 bits per heavy atom. The first-order valence-electron chi connectivity index (χ1n) is 5.70. The van der Waals surface area contributed by atoms with Gasteiger partial charge in [-0.15, -0.1) is 0 Å². The van der Waals surface area contributed by atoms with Crippen molar-refractivity contribution in [2.45, 2.75) is 26.4 Å². The number of carbonyl (C=O) groups is 1. The number of aryl methyl sites for hydroxylation is 1. The van der Waals surface area contributed by atoms with E-state index in [0.29, 0.717) is 5.56 Å². The number of ether oxygens (including phenoxy) is 1. The van der Waals surface area contributed by atoms with Crippen LogP contribution in [0.15, 0.2) is 12.1 Å². The molecule has 6 heteroatoms. The minimum absolute atomic E-state index is 0.214. The topological polar surface area (TPSA) is 47.6 Å². The minimum Gasteiger partial charge on any atom is -0.382 e. The summed E-state index contributed by atoms with van der Waals surface area (Å²) in [6.45, 7) is 5.08. The Morgan fingerprint density at radius 2 is 1.84 bits per heavy atom. The van der Waals surface area contributed by atoms with Crippen LogP contribution in [0.25, 0.3) is 0 Å². The second-order valence-electron chi connectivity index (χ2n) is 4.83. The van der Waals surface area contributed by atoms with E-state index in [-0.39, 0.29) is 6.61 Å². The summed E-state index contributed by atoms with van der Waals surface area (Å²) in [5.74, 6) is -2.83. The number of hydroxylamine groups is 1. The van der Waals surface area contributed by atoms with Crippen molar-refractivity contribution in [1.29, 1.82) is 0 Å².